The average molecular weight is 300 g/mol. The van der Waals surface area contributed by atoms with Gasteiger partial charge in [-0.05, 0) is 31.4 Å². The molecule has 0 fully saturated rings. The van der Waals surface area contributed by atoms with E-state index in [2.05, 4.69) is 4.98 Å². The van der Waals surface area contributed by atoms with Gasteiger partial charge >= 0.3 is 0 Å². The molecule has 0 radical (unpaired) electrons. The number of alkyl halides is 1. The van der Waals surface area contributed by atoms with Gasteiger partial charge in [-0.25, -0.2) is 9.37 Å². The van der Waals surface area contributed by atoms with Crippen molar-refractivity contribution in [1.82, 2.24) is 4.98 Å². The molecular weight excluding hydrogens is 285 g/mol. The first-order valence-electron chi connectivity index (χ1n) is 6.15. The third kappa shape index (κ3) is 4.80. The molecule has 5 heteroatoms. The highest BCUT2D eigenvalue weighted by Crippen LogP contribution is 2.15. The summed E-state index contributed by atoms with van der Waals surface area (Å²) in [5, 5.41) is 3.10. The predicted octanol–water partition coefficient (Wildman–Crippen LogP) is 4.42. The van der Waals surface area contributed by atoms with E-state index in [-0.39, 0.29) is 5.82 Å². The number of rotatable bonds is 7. The molecule has 0 aliphatic carbocycles. The van der Waals surface area contributed by atoms with E-state index < -0.39 is 0 Å². The second-order valence-corrected chi connectivity index (χ2v) is 5.34. The Balaban J connectivity index is 1.64. The predicted molar refractivity (Wildman–Crippen MR) is 76.5 cm³/mol. The van der Waals surface area contributed by atoms with Crippen LogP contribution in [-0.2, 0) is 12.3 Å². The quantitative estimate of drug-likeness (QED) is 0.557. The first-order valence-corrected chi connectivity index (χ1v) is 7.57. The molecule has 2 aromatic rings. The molecule has 0 aliphatic rings. The summed E-state index contributed by atoms with van der Waals surface area (Å²) < 4.78 is 18.4. The molecule has 1 aromatic heterocycles. The Morgan fingerprint density at radius 1 is 1.32 bits per heavy atom. The van der Waals surface area contributed by atoms with E-state index in [1.807, 2.05) is 5.38 Å². The third-order valence-corrected chi connectivity index (χ3v) is 3.82. The number of aryl methyl sites for hydroxylation is 1. The lowest BCUT2D eigenvalue weighted by molar-refractivity contribution is 0.305. The average Bonchev–Trinajstić information content (AvgIpc) is 2.86. The minimum Gasteiger partial charge on any atom is -0.493 e. The maximum absolute atomic E-state index is 12.9. The molecule has 2 nitrogen and oxygen atoms in total. The Hall–Kier alpha value is -1.13. The van der Waals surface area contributed by atoms with Crippen LogP contribution in [0.3, 0.4) is 0 Å². The second kappa shape index (κ2) is 7.46. The van der Waals surface area contributed by atoms with E-state index >= 15 is 0 Å². The molecule has 2 rings (SSSR count). The van der Waals surface area contributed by atoms with Crippen LogP contribution in [0.15, 0.2) is 29.6 Å². The highest BCUT2D eigenvalue weighted by molar-refractivity contribution is 7.09. The summed E-state index contributed by atoms with van der Waals surface area (Å²) in [5.74, 6) is 0.784. The molecule has 0 atom stereocenters. The van der Waals surface area contributed by atoms with E-state index in [1.165, 1.54) is 12.1 Å². The molecule has 1 aromatic carbocycles. The van der Waals surface area contributed by atoms with E-state index in [4.69, 9.17) is 16.3 Å². The summed E-state index contributed by atoms with van der Waals surface area (Å²) in [6.45, 7) is 0.594. The normalized spacial score (nSPS) is 10.6. The number of hydrogen-bond donors (Lipinski definition) is 0. The number of nitrogens with zero attached hydrogens (tertiary/aromatic N) is 1. The summed E-state index contributed by atoms with van der Waals surface area (Å²) in [7, 11) is 0. The molecule has 0 aliphatic heterocycles. The van der Waals surface area contributed by atoms with Crippen LogP contribution in [-0.4, -0.2) is 11.6 Å². The molecule has 0 N–H and O–H groups in total. The van der Waals surface area contributed by atoms with Crippen LogP contribution in [0, 0.1) is 5.82 Å². The van der Waals surface area contributed by atoms with Crippen molar-refractivity contribution < 1.29 is 9.13 Å². The zero-order valence-corrected chi connectivity index (χ0v) is 12.0. The molecule has 0 amide bonds. The van der Waals surface area contributed by atoms with Crippen LogP contribution in [0.25, 0.3) is 0 Å². The highest BCUT2D eigenvalue weighted by atomic mass is 35.5. The van der Waals surface area contributed by atoms with Gasteiger partial charge in [0.25, 0.3) is 0 Å². The maximum Gasteiger partial charge on any atom is 0.126 e. The lowest BCUT2D eigenvalue weighted by Gasteiger charge is -2.05. The first kappa shape index (κ1) is 14.3. The number of thiazole rings is 1. The SMILES string of the molecule is Fc1cccc(OCCCCc2nc(CCl)cs2)c1. The Labute approximate surface area is 121 Å². The van der Waals surface area contributed by atoms with Crippen molar-refractivity contribution in [1.29, 1.82) is 0 Å². The molecular formula is C14H15ClFNOS. The van der Waals surface area contributed by atoms with E-state index in [0.29, 0.717) is 18.2 Å². The van der Waals surface area contributed by atoms with Gasteiger partial charge in [-0.3, -0.25) is 0 Å². The van der Waals surface area contributed by atoms with Gasteiger partial charge in [-0.15, -0.1) is 22.9 Å². The molecule has 0 saturated heterocycles. The zero-order chi connectivity index (χ0) is 13.5. The minimum atomic E-state index is -0.270. The Kier molecular flexibility index (Phi) is 5.61. The van der Waals surface area contributed by atoms with Crippen molar-refractivity contribution in [2.24, 2.45) is 0 Å². The molecule has 19 heavy (non-hydrogen) atoms. The van der Waals surface area contributed by atoms with E-state index in [1.54, 1.807) is 23.5 Å². The standard InChI is InChI=1S/C14H15ClFNOS/c15-9-12-10-19-14(17-12)6-1-2-7-18-13-5-3-4-11(16)8-13/h3-5,8,10H,1-2,6-7,9H2. The maximum atomic E-state index is 12.9. The summed E-state index contributed by atoms with van der Waals surface area (Å²) in [6.07, 6.45) is 2.87. The summed E-state index contributed by atoms with van der Waals surface area (Å²) in [6, 6.07) is 6.21. The van der Waals surface area contributed by atoms with Crippen molar-refractivity contribution >= 4 is 22.9 Å². The van der Waals surface area contributed by atoms with Gasteiger partial charge in [-0.2, -0.15) is 0 Å². The molecule has 1 heterocycles. The van der Waals surface area contributed by atoms with Crippen LogP contribution < -0.4 is 4.74 Å². The lowest BCUT2D eigenvalue weighted by atomic mass is 10.2. The number of unbranched alkanes of at least 4 members (excludes halogenated alkanes) is 1. The van der Waals surface area contributed by atoms with Crippen molar-refractivity contribution in [2.45, 2.75) is 25.1 Å². The van der Waals surface area contributed by atoms with E-state index in [9.17, 15) is 4.39 Å². The fourth-order valence-electron chi connectivity index (χ4n) is 1.65. The van der Waals surface area contributed by atoms with Gasteiger partial charge in [0.2, 0.25) is 0 Å². The molecule has 0 unspecified atom stereocenters. The monoisotopic (exact) mass is 299 g/mol. The van der Waals surface area contributed by atoms with Gasteiger partial charge in [0, 0.05) is 11.4 Å². The number of aromatic nitrogens is 1. The largest absolute Gasteiger partial charge is 0.493 e. The Morgan fingerprint density at radius 2 is 2.21 bits per heavy atom. The van der Waals surface area contributed by atoms with E-state index in [0.717, 1.165) is 30.0 Å². The number of benzene rings is 1. The van der Waals surface area contributed by atoms with Gasteiger partial charge in [0.1, 0.15) is 11.6 Å². The third-order valence-electron chi connectivity index (χ3n) is 2.59. The number of hydrogen-bond acceptors (Lipinski definition) is 3. The number of halogens is 2. The minimum absolute atomic E-state index is 0.270. The fourth-order valence-corrected chi connectivity index (χ4v) is 2.72. The van der Waals surface area contributed by atoms with Crippen LogP contribution in [0.4, 0.5) is 4.39 Å². The van der Waals surface area contributed by atoms with Crippen LogP contribution in [0.2, 0.25) is 0 Å². The van der Waals surface area contributed by atoms with Gasteiger partial charge in [-0.1, -0.05) is 6.07 Å². The Morgan fingerprint density at radius 3 is 2.95 bits per heavy atom. The molecule has 0 saturated carbocycles. The lowest BCUT2D eigenvalue weighted by Crippen LogP contribution is -1.98. The molecule has 0 spiro atoms. The fraction of sp³-hybridized carbons (Fsp3) is 0.357. The summed E-state index contributed by atoms with van der Waals surface area (Å²) in [5.41, 5.74) is 0.942. The molecule has 102 valence electrons. The first-order chi connectivity index (χ1) is 9.28. The van der Waals surface area contributed by atoms with Crippen LogP contribution in [0.5, 0.6) is 5.75 Å². The van der Waals surface area contributed by atoms with Gasteiger partial charge < -0.3 is 4.74 Å². The van der Waals surface area contributed by atoms with Gasteiger partial charge in [0.05, 0.1) is 23.2 Å². The smallest absolute Gasteiger partial charge is 0.126 e. The van der Waals surface area contributed by atoms with Crippen molar-refractivity contribution in [3.05, 3.63) is 46.2 Å². The van der Waals surface area contributed by atoms with Crippen molar-refractivity contribution in [3.8, 4) is 5.75 Å². The van der Waals surface area contributed by atoms with Crippen molar-refractivity contribution in [3.63, 3.8) is 0 Å². The van der Waals surface area contributed by atoms with Crippen LogP contribution >= 0.6 is 22.9 Å². The number of ether oxygens (including phenoxy) is 1. The highest BCUT2D eigenvalue weighted by Gasteiger charge is 2.01. The zero-order valence-electron chi connectivity index (χ0n) is 10.4. The summed E-state index contributed by atoms with van der Waals surface area (Å²) in [4.78, 5) is 4.39. The van der Waals surface area contributed by atoms with Gasteiger partial charge in [0.15, 0.2) is 0 Å². The van der Waals surface area contributed by atoms with Crippen LogP contribution in [0.1, 0.15) is 23.5 Å². The Bertz CT molecular complexity index is 518. The molecule has 0 bridgehead atoms. The topological polar surface area (TPSA) is 22.1 Å². The van der Waals surface area contributed by atoms with Crippen molar-refractivity contribution in [2.75, 3.05) is 6.61 Å². The second-order valence-electron chi connectivity index (χ2n) is 4.13. The summed E-state index contributed by atoms with van der Waals surface area (Å²) >= 11 is 7.34.